The van der Waals surface area contributed by atoms with Gasteiger partial charge < -0.3 is 18.9 Å². The highest BCUT2D eigenvalue weighted by molar-refractivity contribution is 5.77. The minimum Gasteiger partial charge on any atom is -0.382 e. The predicted octanol–water partition coefficient (Wildman–Crippen LogP) is 2.76. The topological polar surface area (TPSA) is 43.7 Å². The maximum Gasteiger partial charge on any atom is 0.249 e. The van der Waals surface area contributed by atoms with Crippen LogP contribution in [0.1, 0.15) is 50.8 Å². The van der Waals surface area contributed by atoms with E-state index in [0.29, 0.717) is 18.7 Å². The lowest BCUT2D eigenvalue weighted by Gasteiger charge is -2.35. The van der Waals surface area contributed by atoms with Crippen molar-refractivity contribution in [2.24, 2.45) is 0 Å². The van der Waals surface area contributed by atoms with Crippen LogP contribution in [0.15, 0.2) is 18.3 Å². The standard InChI is InChI=1S/C18H28N2O3/c1-2-22-11-9-16-13-19(12-15-6-5-10-20(15)16)18(21)14-23-17-7-3-4-8-17/h5-6,10,16-17H,2-4,7-9,11-14H2,1H3/t16-/m0/s1. The average Bonchev–Trinajstić information content (AvgIpc) is 3.23. The molecule has 0 aromatic carbocycles. The molecule has 5 heteroatoms. The molecule has 2 aliphatic rings. The number of carbonyl (C=O) groups excluding carboxylic acids is 1. The summed E-state index contributed by atoms with van der Waals surface area (Å²) in [6.07, 6.45) is 8.01. The monoisotopic (exact) mass is 320 g/mol. The van der Waals surface area contributed by atoms with Gasteiger partial charge in [-0.1, -0.05) is 12.8 Å². The number of ether oxygens (including phenoxy) is 2. The predicted molar refractivity (Wildman–Crippen MR) is 88.2 cm³/mol. The van der Waals surface area contributed by atoms with Gasteiger partial charge in [0, 0.05) is 31.6 Å². The third kappa shape index (κ3) is 4.15. The molecule has 1 aromatic heterocycles. The fraction of sp³-hybridized carbons (Fsp3) is 0.722. The molecule has 0 unspecified atom stereocenters. The number of hydrogen-bond acceptors (Lipinski definition) is 3. The first-order valence-corrected chi connectivity index (χ1v) is 8.90. The van der Waals surface area contributed by atoms with Gasteiger partial charge in [-0.2, -0.15) is 0 Å². The van der Waals surface area contributed by atoms with Gasteiger partial charge in [0.1, 0.15) is 6.61 Å². The van der Waals surface area contributed by atoms with Gasteiger partial charge in [-0.25, -0.2) is 0 Å². The quantitative estimate of drug-likeness (QED) is 0.726. The van der Waals surface area contributed by atoms with Gasteiger partial charge in [0.25, 0.3) is 0 Å². The summed E-state index contributed by atoms with van der Waals surface area (Å²) in [5, 5.41) is 0. The molecule has 0 spiro atoms. The number of nitrogens with zero attached hydrogens (tertiary/aromatic N) is 2. The van der Waals surface area contributed by atoms with Gasteiger partial charge in [0.2, 0.25) is 5.91 Å². The van der Waals surface area contributed by atoms with Crippen molar-refractivity contribution in [2.45, 2.75) is 57.7 Å². The fourth-order valence-electron chi connectivity index (χ4n) is 3.64. The molecule has 23 heavy (non-hydrogen) atoms. The Balaban J connectivity index is 1.56. The van der Waals surface area contributed by atoms with Gasteiger partial charge in [0.15, 0.2) is 0 Å². The summed E-state index contributed by atoms with van der Waals surface area (Å²) in [7, 11) is 0. The SMILES string of the molecule is CCOCC[C@H]1CN(C(=O)COC2CCCC2)Cc2cccn21. The molecule has 0 N–H and O–H groups in total. The van der Waals surface area contributed by atoms with E-state index in [0.717, 1.165) is 39.0 Å². The fourth-order valence-corrected chi connectivity index (χ4v) is 3.64. The van der Waals surface area contributed by atoms with Crippen LogP contribution in [0.3, 0.4) is 0 Å². The normalized spacial score (nSPS) is 21.6. The highest BCUT2D eigenvalue weighted by Gasteiger charge is 2.28. The zero-order valence-corrected chi connectivity index (χ0v) is 14.1. The minimum atomic E-state index is 0.116. The molecule has 3 rings (SSSR count). The minimum absolute atomic E-state index is 0.116. The van der Waals surface area contributed by atoms with Crippen LogP contribution < -0.4 is 0 Å². The van der Waals surface area contributed by atoms with E-state index in [2.05, 4.69) is 22.9 Å². The van der Waals surface area contributed by atoms with Crippen LogP contribution in [0.2, 0.25) is 0 Å². The second-order valence-electron chi connectivity index (χ2n) is 6.54. The van der Waals surface area contributed by atoms with E-state index >= 15 is 0 Å². The molecule has 1 amide bonds. The highest BCUT2D eigenvalue weighted by atomic mass is 16.5. The summed E-state index contributed by atoms with van der Waals surface area (Å²) in [4.78, 5) is 14.5. The van der Waals surface area contributed by atoms with Crippen LogP contribution in [-0.4, -0.2) is 47.8 Å². The molecule has 1 aliphatic carbocycles. The summed E-state index contributed by atoms with van der Waals surface area (Å²) in [6.45, 7) is 5.15. The van der Waals surface area contributed by atoms with E-state index in [4.69, 9.17) is 9.47 Å². The van der Waals surface area contributed by atoms with E-state index < -0.39 is 0 Å². The van der Waals surface area contributed by atoms with Crippen LogP contribution in [0.5, 0.6) is 0 Å². The Bertz CT molecular complexity index is 508. The number of fused-ring (bicyclic) bond motifs is 1. The summed E-state index contributed by atoms with van der Waals surface area (Å²) in [5.41, 5.74) is 1.20. The number of amides is 1. The molecule has 1 saturated carbocycles. The van der Waals surface area contributed by atoms with Crippen molar-refractivity contribution in [3.8, 4) is 0 Å². The average molecular weight is 320 g/mol. The maximum absolute atomic E-state index is 12.5. The Hall–Kier alpha value is -1.33. The second-order valence-corrected chi connectivity index (χ2v) is 6.54. The molecule has 0 bridgehead atoms. The number of aromatic nitrogens is 1. The van der Waals surface area contributed by atoms with Crippen LogP contribution >= 0.6 is 0 Å². The largest absolute Gasteiger partial charge is 0.382 e. The molecule has 1 atom stereocenters. The lowest BCUT2D eigenvalue weighted by molar-refractivity contribution is -0.140. The Labute approximate surface area is 138 Å². The number of carbonyl (C=O) groups is 1. The molecular formula is C18H28N2O3. The van der Waals surface area contributed by atoms with E-state index in [9.17, 15) is 4.79 Å². The highest BCUT2D eigenvalue weighted by Crippen LogP contribution is 2.25. The van der Waals surface area contributed by atoms with Gasteiger partial charge in [-0.15, -0.1) is 0 Å². The zero-order valence-electron chi connectivity index (χ0n) is 14.1. The Morgan fingerprint density at radius 1 is 1.35 bits per heavy atom. The first kappa shape index (κ1) is 16.5. The molecule has 128 valence electrons. The molecule has 1 aliphatic heterocycles. The first-order chi connectivity index (χ1) is 11.3. The molecule has 1 fully saturated rings. The van der Waals surface area contributed by atoms with Crippen molar-refractivity contribution in [2.75, 3.05) is 26.4 Å². The van der Waals surface area contributed by atoms with Crippen molar-refractivity contribution in [3.63, 3.8) is 0 Å². The molecular weight excluding hydrogens is 292 g/mol. The van der Waals surface area contributed by atoms with Crippen molar-refractivity contribution in [3.05, 3.63) is 24.0 Å². The van der Waals surface area contributed by atoms with Gasteiger partial charge >= 0.3 is 0 Å². The first-order valence-electron chi connectivity index (χ1n) is 8.90. The van der Waals surface area contributed by atoms with E-state index in [-0.39, 0.29) is 12.5 Å². The van der Waals surface area contributed by atoms with Crippen molar-refractivity contribution >= 4 is 5.91 Å². The smallest absolute Gasteiger partial charge is 0.249 e. The van der Waals surface area contributed by atoms with Crippen LogP contribution in [0.25, 0.3) is 0 Å². The molecule has 1 aromatic rings. The maximum atomic E-state index is 12.5. The second kappa shape index (κ2) is 7.97. The van der Waals surface area contributed by atoms with E-state index in [1.54, 1.807) is 0 Å². The van der Waals surface area contributed by atoms with Crippen LogP contribution in [0, 0.1) is 0 Å². The Morgan fingerprint density at radius 3 is 2.96 bits per heavy atom. The van der Waals surface area contributed by atoms with Gasteiger partial charge in [-0.05, 0) is 38.3 Å². The van der Waals surface area contributed by atoms with E-state index in [1.165, 1.54) is 18.5 Å². The van der Waals surface area contributed by atoms with E-state index in [1.807, 2.05) is 11.8 Å². The molecule has 5 nitrogen and oxygen atoms in total. The summed E-state index contributed by atoms with van der Waals surface area (Å²) in [6, 6.07) is 4.47. The number of hydrogen-bond donors (Lipinski definition) is 0. The summed E-state index contributed by atoms with van der Waals surface area (Å²) in [5.74, 6) is 0.116. The van der Waals surface area contributed by atoms with Crippen molar-refractivity contribution in [1.82, 2.24) is 9.47 Å². The zero-order chi connectivity index (χ0) is 16.1. The Kier molecular flexibility index (Phi) is 5.73. The van der Waals surface area contributed by atoms with Crippen LogP contribution in [0.4, 0.5) is 0 Å². The lowest BCUT2D eigenvalue weighted by atomic mass is 10.1. The van der Waals surface area contributed by atoms with Crippen LogP contribution in [-0.2, 0) is 20.8 Å². The third-order valence-electron chi connectivity index (χ3n) is 4.94. The summed E-state index contributed by atoms with van der Waals surface area (Å²) >= 11 is 0. The summed E-state index contributed by atoms with van der Waals surface area (Å²) < 4.78 is 13.6. The molecule has 0 radical (unpaired) electrons. The van der Waals surface area contributed by atoms with Gasteiger partial charge in [-0.3, -0.25) is 4.79 Å². The number of rotatable bonds is 7. The third-order valence-corrected chi connectivity index (χ3v) is 4.94. The van der Waals surface area contributed by atoms with Crippen molar-refractivity contribution < 1.29 is 14.3 Å². The lowest BCUT2D eigenvalue weighted by Crippen LogP contribution is -2.43. The van der Waals surface area contributed by atoms with Crippen molar-refractivity contribution in [1.29, 1.82) is 0 Å². The van der Waals surface area contributed by atoms with Gasteiger partial charge in [0.05, 0.1) is 18.7 Å². The Morgan fingerprint density at radius 2 is 2.17 bits per heavy atom. The molecule has 0 saturated heterocycles. The molecule has 2 heterocycles.